The van der Waals surface area contributed by atoms with Crippen LogP contribution in [0.5, 0.6) is 0 Å². The molecule has 1 aliphatic carbocycles. The Labute approximate surface area is 217 Å². The van der Waals surface area contributed by atoms with E-state index in [1.54, 1.807) is 17.7 Å². The van der Waals surface area contributed by atoms with Crippen LogP contribution < -0.4 is 11.0 Å². The monoisotopic (exact) mass is 504 g/mol. The molecule has 0 spiro atoms. The quantitative estimate of drug-likeness (QED) is 0.549. The first-order chi connectivity index (χ1) is 17.7. The Hall–Kier alpha value is -3.46. The van der Waals surface area contributed by atoms with Crippen LogP contribution in [-0.4, -0.2) is 59.7 Å². The van der Waals surface area contributed by atoms with E-state index >= 15 is 0 Å². The molecule has 0 unspecified atom stereocenters. The fourth-order valence-electron chi connectivity index (χ4n) is 5.52. The van der Waals surface area contributed by atoms with Crippen LogP contribution in [0.25, 0.3) is 17.1 Å². The van der Waals surface area contributed by atoms with Crippen molar-refractivity contribution in [2.24, 2.45) is 0 Å². The van der Waals surface area contributed by atoms with Crippen molar-refractivity contribution in [3.05, 3.63) is 58.8 Å². The highest BCUT2D eigenvalue weighted by molar-refractivity contribution is 5.73. The molecule has 3 aromatic rings. The Morgan fingerprint density at radius 2 is 1.86 bits per heavy atom. The van der Waals surface area contributed by atoms with Crippen molar-refractivity contribution in [3.63, 3.8) is 0 Å². The lowest BCUT2D eigenvalue weighted by atomic mass is 9.84. The minimum Gasteiger partial charge on any atom is -0.390 e. The summed E-state index contributed by atoms with van der Waals surface area (Å²) in [4.78, 5) is 36.7. The van der Waals surface area contributed by atoms with Gasteiger partial charge in [0.05, 0.1) is 22.7 Å². The van der Waals surface area contributed by atoms with Crippen LogP contribution in [0, 0.1) is 6.92 Å². The minimum absolute atomic E-state index is 0.0161. The van der Waals surface area contributed by atoms with Crippen LogP contribution >= 0.6 is 0 Å². The summed E-state index contributed by atoms with van der Waals surface area (Å²) in [6.07, 6.45) is 8.27. The molecule has 0 bridgehead atoms. The van der Waals surface area contributed by atoms with E-state index in [0.717, 1.165) is 49.8 Å². The minimum atomic E-state index is -0.603. The van der Waals surface area contributed by atoms with Gasteiger partial charge in [-0.15, -0.1) is 0 Å². The highest BCUT2D eigenvalue weighted by Crippen LogP contribution is 2.30. The number of likely N-dealkylation sites (tertiary alicyclic amines) is 1. The number of anilines is 1. The molecule has 2 aliphatic rings. The van der Waals surface area contributed by atoms with Crippen molar-refractivity contribution in [3.8, 4) is 17.1 Å². The summed E-state index contributed by atoms with van der Waals surface area (Å²) in [5, 5.41) is 13.7. The molecular weight excluding hydrogens is 468 g/mol. The number of aliphatic hydroxyl groups is 1. The molecule has 9 nitrogen and oxygen atoms in total. The number of aromatic nitrogens is 4. The second kappa shape index (κ2) is 10.1. The van der Waals surface area contributed by atoms with Gasteiger partial charge in [0.25, 0.3) is 0 Å². The van der Waals surface area contributed by atoms with Gasteiger partial charge in [0.1, 0.15) is 0 Å². The zero-order valence-corrected chi connectivity index (χ0v) is 21.9. The number of amides is 1. The van der Waals surface area contributed by atoms with Gasteiger partial charge in [0.2, 0.25) is 11.9 Å². The molecule has 3 heterocycles. The number of imidazole rings is 1. The van der Waals surface area contributed by atoms with Crippen LogP contribution in [0.15, 0.2) is 47.5 Å². The van der Waals surface area contributed by atoms with E-state index in [4.69, 9.17) is 4.98 Å². The molecule has 2 aromatic heterocycles. The average Bonchev–Trinajstić information content (AvgIpc) is 3.22. The molecule has 2 N–H and O–H groups in total. The number of aryl methyl sites for hydroxylation is 1. The van der Waals surface area contributed by atoms with Crippen molar-refractivity contribution in [1.29, 1.82) is 0 Å². The zero-order chi connectivity index (χ0) is 26.2. The predicted molar refractivity (Wildman–Crippen MR) is 143 cm³/mol. The van der Waals surface area contributed by atoms with Crippen molar-refractivity contribution < 1.29 is 9.90 Å². The van der Waals surface area contributed by atoms with Crippen molar-refractivity contribution in [1.82, 2.24) is 24.0 Å². The second-order valence-corrected chi connectivity index (χ2v) is 10.8. The Balaban J connectivity index is 1.49. The molecule has 196 valence electrons. The number of hydrogen-bond donors (Lipinski definition) is 2. The molecule has 0 radical (unpaired) electrons. The van der Waals surface area contributed by atoms with Crippen molar-refractivity contribution >= 4 is 11.9 Å². The van der Waals surface area contributed by atoms with Gasteiger partial charge < -0.3 is 15.3 Å². The number of carbonyl (C=O) groups excluding carboxylic acids is 1. The molecule has 5 rings (SSSR count). The highest BCUT2D eigenvalue weighted by atomic mass is 16.3. The van der Waals surface area contributed by atoms with Gasteiger partial charge in [0, 0.05) is 44.5 Å². The number of piperidine rings is 1. The normalized spacial score (nSPS) is 22.7. The third-order valence-corrected chi connectivity index (χ3v) is 7.79. The molecule has 1 saturated heterocycles. The number of nitrogens with zero attached hydrogens (tertiary/aromatic N) is 5. The molecule has 1 aromatic carbocycles. The first-order valence-electron chi connectivity index (χ1n) is 13.2. The lowest BCUT2D eigenvalue weighted by molar-refractivity contribution is -0.130. The summed E-state index contributed by atoms with van der Waals surface area (Å²) in [6, 6.07) is 9.95. The van der Waals surface area contributed by atoms with E-state index in [1.165, 1.54) is 0 Å². The summed E-state index contributed by atoms with van der Waals surface area (Å²) in [5.74, 6) is 0.598. The van der Waals surface area contributed by atoms with Gasteiger partial charge in [-0.3, -0.25) is 13.9 Å². The number of nitrogens with one attached hydrogen (secondary N) is 1. The van der Waals surface area contributed by atoms with E-state index in [2.05, 4.69) is 10.3 Å². The summed E-state index contributed by atoms with van der Waals surface area (Å²) >= 11 is 0. The molecular formula is C28H36N6O3. The largest absolute Gasteiger partial charge is 0.390 e. The van der Waals surface area contributed by atoms with Gasteiger partial charge in [-0.1, -0.05) is 12.1 Å². The van der Waals surface area contributed by atoms with Crippen LogP contribution in [-0.2, 0) is 4.79 Å². The number of rotatable bonds is 5. The SMILES string of the molecule is CC(=O)N1CCC(n2cc(-c3ccnc(NC4CCC(C)(O)CC4)n3)n(-c3cccc(C)c3)c2=O)CC1. The Morgan fingerprint density at radius 3 is 2.54 bits per heavy atom. The fourth-order valence-corrected chi connectivity index (χ4v) is 5.52. The summed E-state index contributed by atoms with van der Waals surface area (Å²) in [5.41, 5.74) is 2.53. The smallest absolute Gasteiger partial charge is 0.333 e. The molecule has 1 amide bonds. The highest BCUT2D eigenvalue weighted by Gasteiger charge is 2.29. The number of hydrogen-bond acceptors (Lipinski definition) is 6. The van der Waals surface area contributed by atoms with Gasteiger partial charge in [-0.05, 0) is 76.1 Å². The van der Waals surface area contributed by atoms with E-state index in [1.807, 2.05) is 59.8 Å². The zero-order valence-electron chi connectivity index (χ0n) is 21.9. The van der Waals surface area contributed by atoms with Gasteiger partial charge in [-0.25, -0.2) is 14.8 Å². The fraction of sp³-hybridized carbons (Fsp3) is 0.500. The Kier molecular flexibility index (Phi) is 6.90. The topological polar surface area (TPSA) is 105 Å². The molecule has 1 saturated carbocycles. The predicted octanol–water partition coefficient (Wildman–Crippen LogP) is 3.69. The first kappa shape index (κ1) is 25.2. The first-order valence-corrected chi connectivity index (χ1v) is 13.2. The third-order valence-electron chi connectivity index (χ3n) is 7.79. The standard InChI is InChI=1S/C28H36N6O3/c1-19-5-4-6-23(17-19)34-25(18-33(27(34)36)22-10-15-32(16-11-22)20(2)35)24-9-14-29-26(31-24)30-21-7-12-28(3,37)13-8-21/h4-6,9,14,17-18,21-22,37H,7-8,10-13,15-16H2,1-3H3,(H,29,30,31). The third kappa shape index (κ3) is 5.46. The number of carbonyl (C=O) groups is 1. The van der Waals surface area contributed by atoms with Crippen LogP contribution in [0.1, 0.15) is 64.0 Å². The lowest BCUT2D eigenvalue weighted by Crippen LogP contribution is -2.39. The van der Waals surface area contributed by atoms with Gasteiger partial charge in [0.15, 0.2) is 0 Å². The summed E-state index contributed by atoms with van der Waals surface area (Å²) in [6.45, 7) is 6.78. The van der Waals surface area contributed by atoms with Gasteiger partial charge >= 0.3 is 5.69 Å². The van der Waals surface area contributed by atoms with Crippen molar-refractivity contribution in [2.45, 2.75) is 77.0 Å². The maximum atomic E-state index is 13.8. The molecule has 1 aliphatic heterocycles. The van der Waals surface area contributed by atoms with E-state index < -0.39 is 5.60 Å². The van der Waals surface area contributed by atoms with Crippen molar-refractivity contribution in [2.75, 3.05) is 18.4 Å². The lowest BCUT2D eigenvalue weighted by Gasteiger charge is -2.33. The van der Waals surface area contributed by atoms with Crippen LogP contribution in [0.4, 0.5) is 5.95 Å². The Bertz CT molecular complexity index is 1330. The van der Waals surface area contributed by atoms with Crippen LogP contribution in [0.2, 0.25) is 0 Å². The molecule has 37 heavy (non-hydrogen) atoms. The average molecular weight is 505 g/mol. The second-order valence-electron chi connectivity index (χ2n) is 10.8. The molecule has 0 atom stereocenters. The van der Waals surface area contributed by atoms with Crippen LogP contribution in [0.3, 0.4) is 0 Å². The van der Waals surface area contributed by atoms with E-state index in [0.29, 0.717) is 30.4 Å². The van der Waals surface area contributed by atoms with E-state index in [9.17, 15) is 14.7 Å². The summed E-state index contributed by atoms with van der Waals surface area (Å²) < 4.78 is 3.54. The summed E-state index contributed by atoms with van der Waals surface area (Å²) in [7, 11) is 0. The van der Waals surface area contributed by atoms with E-state index in [-0.39, 0.29) is 23.7 Å². The maximum absolute atomic E-state index is 13.8. The van der Waals surface area contributed by atoms with Gasteiger partial charge in [-0.2, -0.15) is 0 Å². The maximum Gasteiger partial charge on any atom is 0.333 e. The molecule has 9 heteroatoms. The number of benzene rings is 1. The Morgan fingerprint density at radius 1 is 1.14 bits per heavy atom. The molecule has 2 fully saturated rings.